The molecule has 150 valence electrons. The largest absolute Gasteiger partial charge is 0.465 e. The highest BCUT2D eigenvalue weighted by atomic mass is 19.1. The van der Waals surface area contributed by atoms with Gasteiger partial charge in [0.05, 0.1) is 29.3 Å². The minimum atomic E-state index is -1.34. The summed E-state index contributed by atoms with van der Waals surface area (Å²) in [5, 5.41) is 13.7. The fourth-order valence-electron chi connectivity index (χ4n) is 3.25. The van der Waals surface area contributed by atoms with Gasteiger partial charge in [-0.05, 0) is 36.2 Å². The Balaban J connectivity index is 1.80. The number of amides is 4. The van der Waals surface area contributed by atoms with E-state index >= 15 is 0 Å². The van der Waals surface area contributed by atoms with Crippen LogP contribution in [0.4, 0.5) is 9.18 Å². The van der Waals surface area contributed by atoms with Gasteiger partial charge >= 0.3 is 6.09 Å². The number of fused-ring (bicyclic) bond motifs is 1. The van der Waals surface area contributed by atoms with Crippen LogP contribution < -0.4 is 10.6 Å². The van der Waals surface area contributed by atoms with Gasteiger partial charge in [0.25, 0.3) is 17.7 Å². The van der Waals surface area contributed by atoms with Gasteiger partial charge < -0.3 is 15.7 Å². The lowest BCUT2D eigenvalue weighted by atomic mass is 10.0. The quantitative estimate of drug-likeness (QED) is 0.639. The van der Waals surface area contributed by atoms with Gasteiger partial charge in [-0.2, -0.15) is 0 Å². The van der Waals surface area contributed by atoms with E-state index in [1.807, 2.05) is 0 Å². The fraction of sp³-hybridized carbons (Fsp3) is 0.200. The molecule has 2 aromatic carbocycles. The molecule has 4 amide bonds. The molecule has 1 atom stereocenters. The third-order valence-electron chi connectivity index (χ3n) is 4.60. The van der Waals surface area contributed by atoms with E-state index in [2.05, 4.69) is 10.6 Å². The summed E-state index contributed by atoms with van der Waals surface area (Å²) < 4.78 is 14.2. The Kier molecular flexibility index (Phi) is 5.58. The average Bonchev–Trinajstić information content (AvgIpc) is 2.92. The van der Waals surface area contributed by atoms with E-state index in [0.29, 0.717) is 5.56 Å². The number of halogens is 1. The zero-order chi connectivity index (χ0) is 21.1. The van der Waals surface area contributed by atoms with E-state index in [0.717, 1.165) is 11.0 Å². The summed E-state index contributed by atoms with van der Waals surface area (Å²) in [7, 11) is 1.38. The first-order valence-corrected chi connectivity index (χ1v) is 8.77. The highest BCUT2D eigenvalue weighted by Crippen LogP contribution is 2.23. The Morgan fingerprint density at radius 3 is 2.24 bits per heavy atom. The summed E-state index contributed by atoms with van der Waals surface area (Å²) in [6.45, 7) is -0.211. The SMILES string of the molecule is CNC(=O)c1ccc(CC(CN2C(=O)c3ccccc3C2=O)NC(=O)O)cc1F. The Labute approximate surface area is 165 Å². The molecule has 0 bridgehead atoms. The minimum absolute atomic E-state index is 0.0185. The van der Waals surface area contributed by atoms with Crippen molar-refractivity contribution in [2.24, 2.45) is 0 Å². The molecule has 2 aromatic rings. The van der Waals surface area contributed by atoms with Crippen molar-refractivity contribution in [2.75, 3.05) is 13.6 Å². The van der Waals surface area contributed by atoms with E-state index in [1.54, 1.807) is 12.1 Å². The second-order valence-corrected chi connectivity index (χ2v) is 6.51. The molecule has 1 unspecified atom stereocenters. The molecule has 0 saturated carbocycles. The molecule has 0 saturated heterocycles. The van der Waals surface area contributed by atoms with E-state index in [-0.39, 0.29) is 29.7 Å². The normalized spacial score (nSPS) is 13.8. The van der Waals surface area contributed by atoms with Gasteiger partial charge in [0, 0.05) is 7.05 Å². The Morgan fingerprint density at radius 2 is 1.72 bits per heavy atom. The molecule has 8 nitrogen and oxygen atoms in total. The summed E-state index contributed by atoms with van der Waals surface area (Å²) >= 11 is 0. The van der Waals surface area contributed by atoms with Crippen molar-refractivity contribution in [2.45, 2.75) is 12.5 Å². The molecule has 0 aromatic heterocycles. The molecule has 0 radical (unpaired) electrons. The molecule has 0 spiro atoms. The van der Waals surface area contributed by atoms with Gasteiger partial charge in [0.2, 0.25) is 0 Å². The van der Waals surface area contributed by atoms with Gasteiger partial charge in [0.1, 0.15) is 5.82 Å². The zero-order valence-corrected chi connectivity index (χ0v) is 15.4. The topological polar surface area (TPSA) is 116 Å². The third kappa shape index (κ3) is 4.08. The number of carboxylic acid groups (broad SMARTS) is 1. The van der Waals surface area contributed by atoms with Crippen LogP contribution in [-0.2, 0) is 6.42 Å². The van der Waals surface area contributed by atoms with Gasteiger partial charge in [-0.3, -0.25) is 19.3 Å². The van der Waals surface area contributed by atoms with Crippen molar-refractivity contribution in [3.63, 3.8) is 0 Å². The molecule has 29 heavy (non-hydrogen) atoms. The molecule has 3 rings (SSSR count). The first-order valence-electron chi connectivity index (χ1n) is 8.77. The number of rotatable bonds is 6. The maximum Gasteiger partial charge on any atom is 0.404 e. The van der Waals surface area contributed by atoms with Crippen LogP contribution >= 0.6 is 0 Å². The van der Waals surface area contributed by atoms with E-state index in [1.165, 1.54) is 31.3 Å². The second kappa shape index (κ2) is 8.09. The lowest BCUT2D eigenvalue weighted by molar-refractivity contribution is 0.0635. The van der Waals surface area contributed by atoms with Crippen LogP contribution in [0.3, 0.4) is 0 Å². The number of hydrogen-bond acceptors (Lipinski definition) is 4. The Bertz CT molecular complexity index is 972. The van der Waals surface area contributed by atoms with Gasteiger partial charge in [0.15, 0.2) is 0 Å². The molecule has 1 aliphatic heterocycles. The number of carbonyl (C=O) groups is 4. The maximum atomic E-state index is 14.2. The van der Waals surface area contributed by atoms with Crippen LogP contribution in [0.5, 0.6) is 0 Å². The summed E-state index contributed by atoms with van der Waals surface area (Å²) in [5.74, 6) is -2.36. The third-order valence-corrected chi connectivity index (χ3v) is 4.60. The summed E-state index contributed by atoms with van der Waals surface area (Å²) in [6.07, 6.45) is -1.32. The summed E-state index contributed by atoms with van der Waals surface area (Å²) in [4.78, 5) is 48.8. The summed E-state index contributed by atoms with van der Waals surface area (Å²) in [6, 6.07) is 9.39. The first kappa shape index (κ1) is 20.0. The van der Waals surface area contributed by atoms with Crippen molar-refractivity contribution < 1.29 is 28.7 Å². The minimum Gasteiger partial charge on any atom is -0.465 e. The molecular formula is C20H18FN3O5. The van der Waals surface area contributed by atoms with Crippen LogP contribution in [0.1, 0.15) is 36.6 Å². The predicted molar refractivity (Wildman–Crippen MR) is 100 cm³/mol. The van der Waals surface area contributed by atoms with Gasteiger partial charge in [-0.15, -0.1) is 0 Å². The van der Waals surface area contributed by atoms with Crippen molar-refractivity contribution in [3.8, 4) is 0 Å². The molecular weight excluding hydrogens is 381 g/mol. The van der Waals surface area contributed by atoms with Crippen molar-refractivity contribution in [1.29, 1.82) is 0 Å². The van der Waals surface area contributed by atoms with Crippen molar-refractivity contribution in [1.82, 2.24) is 15.5 Å². The molecule has 3 N–H and O–H groups in total. The van der Waals surface area contributed by atoms with E-state index in [4.69, 9.17) is 5.11 Å². The lowest BCUT2D eigenvalue weighted by Crippen LogP contribution is -2.46. The Hall–Kier alpha value is -3.75. The maximum absolute atomic E-state index is 14.2. The number of carbonyl (C=O) groups excluding carboxylic acids is 3. The number of hydrogen-bond donors (Lipinski definition) is 3. The molecule has 1 aliphatic rings. The first-order chi connectivity index (χ1) is 13.8. The number of imide groups is 1. The van der Waals surface area contributed by atoms with Gasteiger partial charge in [-0.1, -0.05) is 18.2 Å². The van der Waals surface area contributed by atoms with E-state index in [9.17, 15) is 23.6 Å². The van der Waals surface area contributed by atoms with E-state index < -0.39 is 35.7 Å². The standard InChI is InChI=1S/C20H18FN3O5/c1-22-17(25)15-7-6-11(9-16(15)21)8-12(23-20(28)29)10-24-18(26)13-4-2-3-5-14(13)19(24)27/h2-7,9,12,23H,8,10H2,1H3,(H,22,25)(H,28,29). The second-order valence-electron chi connectivity index (χ2n) is 6.51. The highest BCUT2D eigenvalue weighted by molar-refractivity contribution is 6.21. The van der Waals surface area contributed by atoms with Crippen LogP contribution in [0.15, 0.2) is 42.5 Å². The Morgan fingerprint density at radius 1 is 1.10 bits per heavy atom. The molecule has 0 aliphatic carbocycles. The molecule has 1 heterocycles. The van der Waals surface area contributed by atoms with Crippen molar-refractivity contribution >= 4 is 23.8 Å². The van der Waals surface area contributed by atoms with Gasteiger partial charge in [-0.25, -0.2) is 9.18 Å². The number of nitrogens with one attached hydrogen (secondary N) is 2. The van der Waals surface area contributed by atoms with Crippen molar-refractivity contribution in [3.05, 3.63) is 70.5 Å². The lowest BCUT2D eigenvalue weighted by Gasteiger charge is -2.23. The van der Waals surface area contributed by atoms with Crippen LogP contribution in [-0.4, -0.2) is 53.5 Å². The zero-order valence-electron chi connectivity index (χ0n) is 15.4. The smallest absolute Gasteiger partial charge is 0.404 e. The predicted octanol–water partition coefficient (Wildman–Crippen LogP) is 1.66. The van der Waals surface area contributed by atoms with Crippen LogP contribution in [0.25, 0.3) is 0 Å². The average molecular weight is 399 g/mol. The summed E-state index contributed by atoms with van der Waals surface area (Å²) in [5.41, 5.74) is 0.782. The fourth-order valence-corrected chi connectivity index (χ4v) is 3.25. The van der Waals surface area contributed by atoms with Crippen LogP contribution in [0.2, 0.25) is 0 Å². The molecule has 9 heteroatoms. The highest BCUT2D eigenvalue weighted by Gasteiger charge is 2.36. The van der Waals surface area contributed by atoms with Crippen LogP contribution in [0, 0.1) is 5.82 Å². The monoisotopic (exact) mass is 399 g/mol. The number of nitrogens with zero attached hydrogens (tertiary/aromatic N) is 1. The molecule has 0 fully saturated rings. The number of benzene rings is 2.